The molecule has 0 radical (unpaired) electrons. The molecule has 1 aliphatic heterocycles. The normalized spacial score (nSPS) is 20.3. The maximum absolute atomic E-state index is 12.5. The number of carboxylic acid groups (broad SMARTS) is 1. The van der Waals surface area contributed by atoms with Crippen LogP contribution in [0, 0.1) is 6.92 Å². The molecule has 1 saturated heterocycles. The number of rotatable bonds is 8. The van der Waals surface area contributed by atoms with Gasteiger partial charge in [-0.3, -0.25) is 4.79 Å². The highest BCUT2D eigenvalue weighted by molar-refractivity contribution is 5.87. The number of aromatic carboxylic acids is 1. The molecule has 1 unspecified atom stereocenters. The summed E-state index contributed by atoms with van der Waals surface area (Å²) < 4.78 is 0. The Morgan fingerprint density at radius 2 is 1.78 bits per heavy atom. The summed E-state index contributed by atoms with van der Waals surface area (Å²) in [5, 5.41) is 9.05. The summed E-state index contributed by atoms with van der Waals surface area (Å²) >= 11 is 0. The van der Waals surface area contributed by atoms with Gasteiger partial charge in [-0.15, -0.1) is 0 Å². The summed E-state index contributed by atoms with van der Waals surface area (Å²) in [5.74, 6) is -0.696. The molecule has 2 fully saturated rings. The van der Waals surface area contributed by atoms with E-state index in [1.807, 2.05) is 17.0 Å². The summed E-state index contributed by atoms with van der Waals surface area (Å²) in [6, 6.07) is 16.2. The van der Waals surface area contributed by atoms with Crippen LogP contribution in [-0.4, -0.2) is 34.5 Å². The van der Waals surface area contributed by atoms with Crippen LogP contribution in [0.1, 0.15) is 72.0 Å². The van der Waals surface area contributed by atoms with Crippen LogP contribution < -0.4 is 0 Å². The number of carbonyl (C=O) groups excluding carboxylic acids is 1. The molecule has 4 nitrogen and oxygen atoms in total. The summed E-state index contributed by atoms with van der Waals surface area (Å²) in [6.07, 6.45) is 12.9. The molecule has 2 aromatic carbocycles. The van der Waals surface area contributed by atoms with E-state index in [1.165, 1.54) is 36.8 Å². The van der Waals surface area contributed by atoms with E-state index >= 15 is 0 Å². The Bertz CT molecular complexity index is 969. The summed E-state index contributed by atoms with van der Waals surface area (Å²) in [6.45, 7) is 2.81. The van der Waals surface area contributed by atoms with Crippen molar-refractivity contribution >= 4 is 11.9 Å². The molecule has 1 aliphatic carbocycles. The average Bonchev–Trinajstić information content (AvgIpc) is 3.41. The van der Waals surface area contributed by atoms with E-state index in [0.717, 1.165) is 24.8 Å². The zero-order valence-electron chi connectivity index (χ0n) is 18.9. The van der Waals surface area contributed by atoms with Gasteiger partial charge in [0.2, 0.25) is 5.91 Å². The molecule has 0 aromatic heterocycles. The first-order valence-electron chi connectivity index (χ1n) is 11.8. The van der Waals surface area contributed by atoms with Crippen LogP contribution in [0.4, 0.5) is 0 Å². The molecule has 2 aromatic rings. The number of carbonyl (C=O) groups is 2. The monoisotopic (exact) mass is 431 g/mol. The zero-order chi connectivity index (χ0) is 22.6. The predicted octanol–water partition coefficient (Wildman–Crippen LogP) is 5.69. The third-order valence-corrected chi connectivity index (χ3v) is 7.31. The van der Waals surface area contributed by atoms with Crippen LogP contribution >= 0.6 is 0 Å². The smallest absolute Gasteiger partial charge is 0.335 e. The van der Waals surface area contributed by atoms with E-state index in [9.17, 15) is 9.59 Å². The van der Waals surface area contributed by atoms with Crippen molar-refractivity contribution in [1.29, 1.82) is 0 Å². The fourth-order valence-corrected chi connectivity index (χ4v) is 5.33. The van der Waals surface area contributed by atoms with Gasteiger partial charge in [0.1, 0.15) is 0 Å². The van der Waals surface area contributed by atoms with Gasteiger partial charge in [-0.2, -0.15) is 0 Å². The topological polar surface area (TPSA) is 57.6 Å². The van der Waals surface area contributed by atoms with Crippen molar-refractivity contribution < 1.29 is 14.7 Å². The molecule has 168 valence electrons. The molecule has 4 heteroatoms. The summed E-state index contributed by atoms with van der Waals surface area (Å²) in [4.78, 5) is 25.5. The van der Waals surface area contributed by atoms with E-state index < -0.39 is 5.97 Å². The lowest BCUT2D eigenvalue weighted by Crippen LogP contribution is -2.33. The van der Waals surface area contributed by atoms with Crippen LogP contribution in [-0.2, 0) is 16.6 Å². The summed E-state index contributed by atoms with van der Waals surface area (Å²) in [7, 11) is 0. The lowest BCUT2D eigenvalue weighted by atomic mass is 9.76. The minimum atomic E-state index is -0.915. The minimum absolute atomic E-state index is 0.164. The van der Waals surface area contributed by atoms with Gasteiger partial charge in [-0.1, -0.05) is 67.0 Å². The molecular weight excluding hydrogens is 398 g/mol. The molecule has 1 amide bonds. The van der Waals surface area contributed by atoms with Crippen molar-refractivity contribution in [3.63, 3.8) is 0 Å². The number of benzene rings is 2. The second-order valence-electron chi connectivity index (χ2n) is 9.43. The fraction of sp³-hybridized carbons (Fsp3) is 0.429. The van der Waals surface area contributed by atoms with Gasteiger partial charge < -0.3 is 10.0 Å². The van der Waals surface area contributed by atoms with Gasteiger partial charge in [0.05, 0.1) is 11.6 Å². The summed E-state index contributed by atoms with van der Waals surface area (Å²) in [5.41, 5.74) is 4.34. The molecule has 1 N–H and O–H groups in total. The van der Waals surface area contributed by atoms with Gasteiger partial charge >= 0.3 is 5.97 Å². The Kier molecular flexibility index (Phi) is 6.78. The number of allylic oxidation sites excluding steroid dienone is 1. The standard InChI is InChI=1S/C28H33NO3/c1-21-6-12-24(13-7-21)28(17-2-3-18-28)19-4-5-25-14-15-26(30)29(25)20-16-22-8-10-23(11-9-22)27(31)32/h4-13,25H,2-3,14-20H2,1H3,(H,31,32)/b5-4+. The highest BCUT2D eigenvalue weighted by atomic mass is 16.4. The van der Waals surface area contributed by atoms with Crippen LogP contribution in [0.5, 0.6) is 0 Å². The fourth-order valence-electron chi connectivity index (χ4n) is 5.33. The number of nitrogens with zero attached hydrogens (tertiary/aromatic N) is 1. The molecule has 1 saturated carbocycles. The molecule has 1 atom stereocenters. The molecule has 32 heavy (non-hydrogen) atoms. The number of hydrogen-bond acceptors (Lipinski definition) is 2. The number of likely N-dealkylation sites (tertiary alicyclic amines) is 1. The van der Waals surface area contributed by atoms with Gasteiger partial charge in [0, 0.05) is 13.0 Å². The van der Waals surface area contributed by atoms with Gasteiger partial charge in [-0.05, 0) is 67.7 Å². The second-order valence-corrected chi connectivity index (χ2v) is 9.43. The van der Waals surface area contributed by atoms with E-state index in [4.69, 9.17) is 5.11 Å². The Morgan fingerprint density at radius 1 is 1.09 bits per heavy atom. The van der Waals surface area contributed by atoms with E-state index in [-0.39, 0.29) is 17.4 Å². The van der Waals surface area contributed by atoms with Crippen molar-refractivity contribution in [3.8, 4) is 0 Å². The number of aryl methyl sites for hydroxylation is 1. The third-order valence-electron chi connectivity index (χ3n) is 7.31. The second kappa shape index (κ2) is 9.72. The molecule has 1 heterocycles. The maximum atomic E-state index is 12.5. The molecule has 0 spiro atoms. The van der Waals surface area contributed by atoms with Crippen molar-refractivity contribution in [2.24, 2.45) is 0 Å². The Hall–Kier alpha value is -2.88. The highest BCUT2D eigenvalue weighted by Crippen LogP contribution is 2.44. The largest absolute Gasteiger partial charge is 0.478 e. The zero-order valence-corrected chi connectivity index (χ0v) is 18.9. The minimum Gasteiger partial charge on any atom is -0.478 e. The molecule has 2 aliphatic rings. The molecular formula is C28H33NO3. The maximum Gasteiger partial charge on any atom is 0.335 e. The van der Waals surface area contributed by atoms with E-state index in [2.05, 4.69) is 43.3 Å². The lowest BCUT2D eigenvalue weighted by molar-refractivity contribution is -0.128. The van der Waals surface area contributed by atoms with E-state index in [0.29, 0.717) is 18.5 Å². The number of amides is 1. The van der Waals surface area contributed by atoms with Crippen LogP contribution in [0.3, 0.4) is 0 Å². The highest BCUT2D eigenvalue weighted by Gasteiger charge is 2.35. The van der Waals surface area contributed by atoms with Crippen molar-refractivity contribution in [2.45, 2.75) is 69.7 Å². The predicted molar refractivity (Wildman–Crippen MR) is 127 cm³/mol. The number of carboxylic acids is 1. The van der Waals surface area contributed by atoms with Crippen LogP contribution in [0.2, 0.25) is 0 Å². The lowest BCUT2D eigenvalue weighted by Gasteiger charge is -2.29. The van der Waals surface area contributed by atoms with Gasteiger partial charge in [-0.25, -0.2) is 4.79 Å². The van der Waals surface area contributed by atoms with Crippen molar-refractivity contribution in [3.05, 3.63) is 82.9 Å². The first-order valence-corrected chi connectivity index (χ1v) is 11.8. The Balaban J connectivity index is 1.39. The molecule has 0 bridgehead atoms. The quantitative estimate of drug-likeness (QED) is 0.547. The Morgan fingerprint density at radius 3 is 2.44 bits per heavy atom. The Labute approximate surface area is 191 Å². The van der Waals surface area contributed by atoms with Gasteiger partial charge in [0.25, 0.3) is 0 Å². The molecule has 4 rings (SSSR count). The van der Waals surface area contributed by atoms with Gasteiger partial charge in [0.15, 0.2) is 0 Å². The van der Waals surface area contributed by atoms with Crippen molar-refractivity contribution in [2.75, 3.05) is 6.54 Å². The first kappa shape index (κ1) is 22.3. The van der Waals surface area contributed by atoms with Crippen LogP contribution in [0.15, 0.2) is 60.7 Å². The van der Waals surface area contributed by atoms with Crippen LogP contribution in [0.25, 0.3) is 0 Å². The average molecular weight is 432 g/mol. The van der Waals surface area contributed by atoms with Crippen molar-refractivity contribution in [1.82, 2.24) is 4.90 Å². The number of hydrogen-bond donors (Lipinski definition) is 1. The SMILES string of the molecule is Cc1ccc(C2(C/C=C/C3CCC(=O)N3CCc3ccc(C(=O)O)cc3)CCCC2)cc1. The third kappa shape index (κ3) is 4.95. The first-order chi connectivity index (χ1) is 15.5. The van der Waals surface area contributed by atoms with E-state index in [1.54, 1.807) is 12.1 Å².